The van der Waals surface area contributed by atoms with E-state index < -0.39 is 5.95 Å². The molecule has 2 heterocycles. The minimum Gasteiger partial charge on any atom is -0.538 e. The van der Waals surface area contributed by atoms with Crippen LogP contribution < -0.4 is 9.79 Å². The van der Waals surface area contributed by atoms with Crippen LogP contribution in [0.2, 0.25) is 0 Å². The number of likely N-dealkylation sites (tertiary alicyclic amines) is 1. The minimum absolute atomic E-state index is 0.0325. The van der Waals surface area contributed by atoms with Gasteiger partial charge in [-0.15, -0.1) is 0 Å². The lowest BCUT2D eigenvalue weighted by Gasteiger charge is -2.32. The maximum atomic E-state index is 12.7. The van der Waals surface area contributed by atoms with Gasteiger partial charge in [0.25, 0.3) is 0 Å². The fourth-order valence-electron chi connectivity index (χ4n) is 2.71. The third-order valence-corrected chi connectivity index (χ3v) is 3.88. The van der Waals surface area contributed by atoms with Crippen LogP contribution in [-0.2, 0) is 0 Å². The van der Waals surface area contributed by atoms with Crippen LogP contribution in [0.15, 0.2) is 34.9 Å². The van der Waals surface area contributed by atoms with E-state index in [-0.39, 0.29) is 17.6 Å². The monoisotopic (exact) mass is 287 g/mol. The van der Waals surface area contributed by atoms with Crippen LogP contribution in [-0.4, -0.2) is 28.7 Å². The summed E-state index contributed by atoms with van der Waals surface area (Å²) in [5.41, 5.74) is 0.603. The van der Waals surface area contributed by atoms with Crippen LogP contribution in [0.1, 0.15) is 36.7 Å². The lowest BCUT2D eigenvalue weighted by molar-refractivity contribution is -0.672. The van der Waals surface area contributed by atoms with Crippen LogP contribution >= 0.6 is 0 Å². The Morgan fingerprint density at radius 3 is 2.86 bits per heavy atom. The molecule has 0 saturated carbocycles. The van der Waals surface area contributed by atoms with E-state index in [1.165, 1.54) is 4.68 Å². The first-order valence-electron chi connectivity index (χ1n) is 7.14. The van der Waals surface area contributed by atoms with Gasteiger partial charge in [0, 0.05) is 24.7 Å². The van der Waals surface area contributed by atoms with Gasteiger partial charge in [0.15, 0.2) is 5.95 Å². The Hall–Kier alpha value is -2.37. The zero-order chi connectivity index (χ0) is 14.8. The molecule has 1 aromatic heterocycles. The normalized spacial score (nSPS) is 18.7. The number of nitrogens with zero attached hydrogens (tertiary/aromatic N) is 3. The Kier molecular flexibility index (Phi) is 3.60. The highest BCUT2D eigenvalue weighted by atomic mass is 16.6. The number of carbonyl (C=O) groups excluding carboxylic acids is 1. The molecule has 1 aliphatic rings. The van der Waals surface area contributed by atoms with E-state index in [2.05, 4.69) is 5.27 Å². The third-order valence-electron chi connectivity index (χ3n) is 3.88. The molecule has 1 fully saturated rings. The molecule has 1 unspecified atom stereocenters. The van der Waals surface area contributed by atoms with Crippen LogP contribution in [0.4, 0.5) is 0 Å². The molecule has 1 aromatic carbocycles. The molecule has 0 aliphatic carbocycles. The van der Waals surface area contributed by atoms with Crippen molar-refractivity contribution in [1.29, 1.82) is 0 Å². The van der Waals surface area contributed by atoms with Gasteiger partial charge < -0.3 is 14.5 Å². The Morgan fingerprint density at radius 1 is 1.38 bits per heavy atom. The fourth-order valence-corrected chi connectivity index (χ4v) is 2.71. The number of hydrogen-bond acceptors (Lipinski definition) is 4. The number of benzene rings is 1. The molecule has 1 atom stereocenters. The summed E-state index contributed by atoms with van der Waals surface area (Å²) in [4.78, 5) is 14.4. The van der Waals surface area contributed by atoms with Gasteiger partial charge in [-0.2, -0.15) is 0 Å². The van der Waals surface area contributed by atoms with Gasteiger partial charge in [-0.3, -0.25) is 4.79 Å². The van der Waals surface area contributed by atoms with Crippen molar-refractivity contribution < 1.29 is 19.1 Å². The highest BCUT2D eigenvalue weighted by Crippen LogP contribution is 2.21. The van der Waals surface area contributed by atoms with Crippen LogP contribution in [0.25, 0.3) is 5.69 Å². The molecule has 0 bridgehead atoms. The number of piperidine rings is 1. The summed E-state index contributed by atoms with van der Waals surface area (Å²) < 4.78 is 5.99. The van der Waals surface area contributed by atoms with Crippen molar-refractivity contribution in [3.8, 4) is 11.6 Å². The lowest BCUT2D eigenvalue weighted by atomic mass is 10.0. The molecular formula is C15H17N3O3. The van der Waals surface area contributed by atoms with E-state index in [0.717, 1.165) is 19.3 Å². The number of para-hydroxylation sites is 1. The van der Waals surface area contributed by atoms with Crippen molar-refractivity contribution in [2.45, 2.75) is 32.2 Å². The van der Waals surface area contributed by atoms with Gasteiger partial charge in [-0.25, -0.2) is 0 Å². The van der Waals surface area contributed by atoms with E-state index in [0.29, 0.717) is 12.2 Å². The summed E-state index contributed by atoms with van der Waals surface area (Å²) in [5, 5.41) is 15.6. The Bertz CT molecular complexity index is 639. The van der Waals surface area contributed by atoms with Crippen LogP contribution in [0, 0.1) is 0 Å². The average Bonchev–Trinajstić information content (AvgIpc) is 2.90. The van der Waals surface area contributed by atoms with Gasteiger partial charge in [0.2, 0.25) is 5.69 Å². The predicted octanol–water partition coefficient (Wildman–Crippen LogP) is 1.04. The molecule has 21 heavy (non-hydrogen) atoms. The molecule has 0 radical (unpaired) electrons. The maximum absolute atomic E-state index is 12.7. The second-order valence-electron chi connectivity index (χ2n) is 5.30. The minimum atomic E-state index is -0.693. The Labute approximate surface area is 122 Å². The van der Waals surface area contributed by atoms with E-state index in [4.69, 9.17) is 4.52 Å². The van der Waals surface area contributed by atoms with Crippen molar-refractivity contribution in [3.05, 3.63) is 36.0 Å². The SMILES string of the molecule is CC1CCCCN1C(=O)c1c([O-])on[n+]1-c1ccccc1. The first kappa shape index (κ1) is 13.6. The van der Waals surface area contributed by atoms with Gasteiger partial charge in [-0.1, -0.05) is 18.2 Å². The van der Waals surface area contributed by atoms with Gasteiger partial charge in [0.05, 0.1) is 5.27 Å². The summed E-state index contributed by atoms with van der Waals surface area (Å²) in [7, 11) is 0. The average molecular weight is 287 g/mol. The quantitative estimate of drug-likeness (QED) is 0.774. The van der Waals surface area contributed by atoms with Crippen molar-refractivity contribution in [2.75, 3.05) is 6.54 Å². The highest BCUT2D eigenvalue weighted by Gasteiger charge is 2.34. The van der Waals surface area contributed by atoms with E-state index >= 15 is 0 Å². The summed E-state index contributed by atoms with van der Waals surface area (Å²) in [5.74, 6) is -1.00. The first-order chi connectivity index (χ1) is 10.2. The van der Waals surface area contributed by atoms with Gasteiger partial charge in [0.1, 0.15) is 0 Å². The van der Waals surface area contributed by atoms with E-state index in [1.54, 1.807) is 17.0 Å². The van der Waals surface area contributed by atoms with Gasteiger partial charge in [-0.05, 0) is 30.9 Å². The molecule has 3 rings (SSSR count). The molecule has 6 heteroatoms. The molecule has 6 nitrogen and oxygen atoms in total. The second kappa shape index (κ2) is 5.55. The number of hydrogen-bond donors (Lipinski definition) is 0. The van der Waals surface area contributed by atoms with E-state index in [9.17, 15) is 9.90 Å². The summed E-state index contributed by atoms with van der Waals surface area (Å²) in [6.07, 6.45) is 3.02. The highest BCUT2D eigenvalue weighted by molar-refractivity contribution is 5.92. The summed E-state index contributed by atoms with van der Waals surface area (Å²) in [6, 6.07) is 9.18. The summed E-state index contributed by atoms with van der Waals surface area (Å²) in [6.45, 7) is 2.67. The molecule has 1 amide bonds. The molecule has 1 aliphatic heterocycles. The number of amides is 1. The van der Waals surface area contributed by atoms with Crippen LogP contribution in [0.3, 0.4) is 0 Å². The zero-order valence-corrected chi connectivity index (χ0v) is 11.9. The molecule has 2 aromatic rings. The third kappa shape index (κ3) is 2.49. The van der Waals surface area contributed by atoms with E-state index in [1.807, 2.05) is 25.1 Å². The Morgan fingerprint density at radius 2 is 2.14 bits per heavy atom. The standard InChI is InChI=1S/C15H17N3O3/c1-11-7-5-6-10-17(11)14(19)13-15(20)21-16-18(13)12-8-3-2-4-9-12/h2-4,8-9,11H,5-7,10H2,1H3. The summed E-state index contributed by atoms with van der Waals surface area (Å²) >= 11 is 0. The molecule has 1 saturated heterocycles. The van der Waals surface area contributed by atoms with Crippen molar-refractivity contribution in [1.82, 2.24) is 10.2 Å². The first-order valence-corrected chi connectivity index (χ1v) is 7.14. The zero-order valence-electron chi connectivity index (χ0n) is 11.9. The van der Waals surface area contributed by atoms with Crippen molar-refractivity contribution in [2.24, 2.45) is 0 Å². The predicted molar refractivity (Wildman–Crippen MR) is 71.8 cm³/mol. The van der Waals surface area contributed by atoms with Gasteiger partial charge >= 0.3 is 11.6 Å². The molecule has 110 valence electrons. The van der Waals surface area contributed by atoms with Crippen molar-refractivity contribution >= 4 is 5.91 Å². The van der Waals surface area contributed by atoms with Crippen molar-refractivity contribution in [3.63, 3.8) is 0 Å². The molecule has 0 spiro atoms. The topological polar surface area (TPSA) is 73.3 Å². The Balaban J connectivity index is 1.98. The lowest BCUT2D eigenvalue weighted by Crippen LogP contribution is -2.48. The largest absolute Gasteiger partial charge is 0.538 e. The number of carbonyl (C=O) groups is 1. The fraction of sp³-hybridized carbons (Fsp3) is 0.400. The molecule has 0 N–H and O–H groups in total. The number of rotatable bonds is 2. The van der Waals surface area contributed by atoms with Crippen LogP contribution in [0.5, 0.6) is 5.95 Å². The number of aromatic nitrogens is 2. The second-order valence-corrected chi connectivity index (χ2v) is 5.30. The smallest absolute Gasteiger partial charge is 0.327 e. The molecular weight excluding hydrogens is 270 g/mol. The maximum Gasteiger partial charge on any atom is 0.327 e.